The number of methoxy groups -OCH3 is 1. The molecule has 0 aliphatic carbocycles. The fourth-order valence-electron chi connectivity index (χ4n) is 1.16. The van der Waals surface area contributed by atoms with Crippen molar-refractivity contribution in [1.82, 2.24) is 4.98 Å². The van der Waals surface area contributed by atoms with Crippen molar-refractivity contribution < 1.29 is 4.74 Å². The number of ether oxygens (including phenoxy) is 1. The first-order valence-electron chi connectivity index (χ1n) is 4.30. The van der Waals surface area contributed by atoms with Crippen molar-refractivity contribution in [2.24, 2.45) is 5.73 Å². The fourth-order valence-corrected chi connectivity index (χ4v) is 1.51. The Labute approximate surface area is 91.8 Å². The maximum atomic E-state index is 5.93. The zero-order valence-electron chi connectivity index (χ0n) is 8.03. The van der Waals surface area contributed by atoms with Crippen LogP contribution in [0.15, 0.2) is 16.7 Å². The van der Waals surface area contributed by atoms with E-state index < -0.39 is 0 Å². The van der Waals surface area contributed by atoms with E-state index in [0.717, 1.165) is 16.5 Å². The van der Waals surface area contributed by atoms with Gasteiger partial charge in [0.05, 0.1) is 0 Å². The predicted molar refractivity (Wildman–Crippen MR) is 59.8 cm³/mol. The average molecular weight is 260 g/mol. The molecule has 0 fully saturated rings. The smallest absolute Gasteiger partial charge is 0.128 e. The van der Waals surface area contributed by atoms with Gasteiger partial charge < -0.3 is 16.2 Å². The predicted octanol–water partition coefficient (Wildman–Crippen LogP) is 1.46. The van der Waals surface area contributed by atoms with E-state index in [9.17, 15) is 0 Å². The lowest BCUT2D eigenvalue weighted by molar-refractivity contribution is 0.188. The molecule has 0 aliphatic heterocycles. The van der Waals surface area contributed by atoms with Crippen LogP contribution >= 0.6 is 15.9 Å². The zero-order chi connectivity index (χ0) is 10.6. The van der Waals surface area contributed by atoms with Crippen LogP contribution < -0.4 is 11.5 Å². The molecule has 1 aromatic heterocycles. The van der Waals surface area contributed by atoms with Gasteiger partial charge in [0.2, 0.25) is 0 Å². The maximum Gasteiger partial charge on any atom is 0.128 e. The van der Waals surface area contributed by atoms with Crippen molar-refractivity contribution in [2.45, 2.75) is 12.5 Å². The van der Waals surface area contributed by atoms with Crippen LogP contribution in [0.25, 0.3) is 0 Å². The number of hydrogen-bond acceptors (Lipinski definition) is 4. The molecular formula is C9H14BrN3O. The molecule has 0 bridgehead atoms. The molecule has 0 saturated carbocycles. The monoisotopic (exact) mass is 259 g/mol. The van der Waals surface area contributed by atoms with Gasteiger partial charge in [-0.25, -0.2) is 4.98 Å². The third kappa shape index (κ3) is 2.94. The molecule has 4 nitrogen and oxygen atoms in total. The Morgan fingerprint density at radius 2 is 2.36 bits per heavy atom. The number of anilines is 1. The number of rotatable bonds is 4. The van der Waals surface area contributed by atoms with Gasteiger partial charge in [0.15, 0.2) is 0 Å². The molecule has 0 aliphatic rings. The van der Waals surface area contributed by atoms with Crippen LogP contribution in [0.1, 0.15) is 18.0 Å². The summed E-state index contributed by atoms with van der Waals surface area (Å²) in [7, 11) is 1.65. The molecule has 4 N–H and O–H groups in total. The Morgan fingerprint density at radius 1 is 1.64 bits per heavy atom. The summed E-state index contributed by atoms with van der Waals surface area (Å²) in [6.45, 7) is 0.618. The Balaban J connectivity index is 2.77. The minimum Gasteiger partial charge on any atom is -0.385 e. The molecule has 5 heteroatoms. The van der Waals surface area contributed by atoms with Gasteiger partial charge >= 0.3 is 0 Å². The standard InChI is InChI=1S/C9H14BrN3O/c1-14-3-2-8(11)7-4-6(10)5-13-9(7)12/h4-5,8H,2-3,11H2,1H3,(H2,12,13). The second-order valence-corrected chi connectivity index (χ2v) is 3.93. The van der Waals surface area contributed by atoms with E-state index in [1.807, 2.05) is 6.07 Å². The molecule has 1 aromatic rings. The molecule has 14 heavy (non-hydrogen) atoms. The van der Waals surface area contributed by atoms with Crippen LogP contribution in [0.2, 0.25) is 0 Å². The lowest BCUT2D eigenvalue weighted by Crippen LogP contribution is -2.15. The Morgan fingerprint density at radius 3 is 3.00 bits per heavy atom. The summed E-state index contributed by atoms with van der Waals surface area (Å²) in [5.41, 5.74) is 12.5. The van der Waals surface area contributed by atoms with Gasteiger partial charge in [-0.3, -0.25) is 0 Å². The van der Waals surface area contributed by atoms with E-state index in [1.54, 1.807) is 13.3 Å². The van der Waals surface area contributed by atoms with E-state index >= 15 is 0 Å². The lowest BCUT2D eigenvalue weighted by Gasteiger charge is -2.13. The number of hydrogen-bond donors (Lipinski definition) is 2. The van der Waals surface area contributed by atoms with Gasteiger partial charge in [0.25, 0.3) is 0 Å². The van der Waals surface area contributed by atoms with Gasteiger partial charge in [-0.1, -0.05) is 0 Å². The van der Waals surface area contributed by atoms with Gasteiger partial charge in [0.1, 0.15) is 5.82 Å². The van der Waals surface area contributed by atoms with Gasteiger partial charge in [-0.05, 0) is 28.4 Å². The summed E-state index contributed by atoms with van der Waals surface area (Å²) in [5.74, 6) is 0.483. The van der Waals surface area contributed by atoms with E-state index in [1.165, 1.54) is 0 Å². The van der Waals surface area contributed by atoms with Crippen molar-refractivity contribution in [2.75, 3.05) is 19.5 Å². The topological polar surface area (TPSA) is 74.2 Å². The van der Waals surface area contributed by atoms with Crippen LogP contribution in [0.3, 0.4) is 0 Å². The normalized spacial score (nSPS) is 12.8. The van der Waals surface area contributed by atoms with Crippen LogP contribution in [0, 0.1) is 0 Å². The van der Waals surface area contributed by atoms with Gasteiger partial charge in [-0.2, -0.15) is 0 Å². The van der Waals surface area contributed by atoms with Crippen LogP contribution in [-0.4, -0.2) is 18.7 Å². The Hall–Kier alpha value is -0.650. The number of pyridine rings is 1. The fraction of sp³-hybridized carbons (Fsp3) is 0.444. The number of aromatic nitrogens is 1. The number of nitrogen functional groups attached to an aromatic ring is 1. The first-order chi connectivity index (χ1) is 6.65. The first-order valence-corrected chi connectivity index (χ1v) is 5.10. The highest BCUT2D eigenvalue weighted by molar-refractivity contribution is 9.10. The summed E-state index contributed by atoms with van der Waals surface area (Å²) < 4.78 is 5.83. The van der Waals surface area contributed by atoms with Crippen molar-refractivity contribution in [3.05, 3.63) is 22.3 Å². The molecule has 0 aromatic carbocycles. The van der Waals surface area contributed by atoms with Crippen molar-refractivity contribution >= 4 is 21.7 Å². The van der Waals surface area contributed by atoms with Crippen LogP contribution in [-0.2, 0) is 4.74 Å². The first kappa shape index (κ1) is 11.4. The third-order valence-corrected chi connectivity index (χ3v) is 2.38. The van der Waals surface area contributed by atoms with Gasteiger partial charge in [-0.15, -0.1) is 0 Å². The molecule has 0 radical (unpaired) electrons. The van der Waals surface area contributed by atoms with Gasteiger partial charge in [0, 0.05) is 36.0 Å². The van der Waals surface area contributed by atoms with Crippen molar-refractivity contribution in [3.63, 3.8) is 0 Å². The molecule has 78 valence electrons. The number of nitrogens with two attached hydrogens (primary N) is 2. The highest BCUT2D eigenvalue weighted by Gasteiger charge is 2.10. The van der Waals surface area contributed by atoms with E-state index in [2.05, 4.69) is 20.9 Å². The Bertz CT molecular complexity index is 306. The second kappa shape index (κ2) is 5.29. The quantitative estimate of drug-likeness (QED) is 0.859. The van der Waals surface area contributed by atoms with Crippen molar-refractivity contribution in [1.29, 1.82) is 0 Å². The summed E-state index contributed by atoms with van der Waals surface area (Å²) in [6, 6.07) is 1.77. The van der Waals surface area contributed by atoms with E-state index in [4.69, 9.17) is 16.2 Å². The summed E-state index contributed by atoms with van der Waals surface area (Å²) >= 11 is 3.33. The van der Waals surface area contributed by atoms with E-state index in [0.29, 0.717) is 12.4 Å². The minimum absolute atomic E-state index is 0.125. The SMILES string of the molecule is COCCC(N)c1cc(Br)cnc1N. The van der Waals surface area contributed by atoms with Crippen LogP contribution in [0.4, 0.5) is 5.82 Å². The molecule has 1 atom stereocenters. The highest BCUT2D eigenvalue weighted by atomic mass is 79.9. The average Bonchev–Trinajstić information content (AvgIpc) is 2.18. The van der Waals surface area contributed by atoms with Crippen LogP contribution in [0.5, 0.6) is 0 Å². The molecule has 0 saturated heterocycles. The highest BCUT2D eigenvalue weighted by Crippen LogP contribution is 2.22. The number of nitrogens with zero attached hydrogens (tertiary/aromatic N) is 1. The number of halogens is 1. The molecule has 0 spiro atoms. The molecule has 1 unspecified atom stereocenters. The lowest BCUT2D eigenvalue weighted by atomic mass is 10.1. The minimum atomic E-state index is -0.125. The second-order valence-electron chi connectivity index (χ2n) is 3.02. The largest absolute Gasteiger partial charge is 0.385 e. The summed E-state index contributed by atoms with van der Waals surface area (Å²) in [6.07, 6.45) is 2.39. The van der Waals surface area contributed by atoms with Crippen molar-refractivity contribution in [3.8, 4) is 0 Å². The zero-order valence-corrected chi connectivity index (χ0v) is 9.62. The molecule has 1 heterocycles. The maximum absolute atomic E-state index is 5.93. The Kier molecular flexibility index (Phi) is 4.31. The molecular weight excluding hydrogens is 246 g/mol. The molecule has 0 amide bonds. The third-order valence-electron chi connectivity index (χ3n) is 1.95. The molecule has 1 rings (SSSR count). The summed E-state index contributed by atoms with van der Waals surface area (Å²) in [4.78, 5) is 4.02. The summed E-state index contributed by atoms with van der Waals surface area (Å²) in [5, 5.41) is 0. The van der Waals surface area contributed by atoms with E-state index in [-0.39, 0.29) is 6.04 Å².